The largest absolute Gasteiger partial charge is 0.304 e. The summed E-state index contributed by atoms with van der Waals surface area (Å²) < 4.78 is 11.5. The van der Waals surface area contributed by atoms with Crippen LogP contribution in [0.4, 0.5) is 0 Å². The predicted octanol–water partition coefficient (Wildman–Crippen LogP) is 2.66. The summed E-state index contributed by atoms with van der Waals surface area (Å²) in [7, 11) is -0.824. The summed E-state index contributed by atoms with van der Waals surface area (Å²) in [5.41, 5.74) is 4.11. The van der Waals surface area contributed by atoms with Crippen molar-refractivity contribution in [2.45, 2.75) is 19.5 Å². The Hall–Kier alpha value is -1.04. The fourth-order valence-electron chi connectivity index (χ4n) is 1.90. The molecular weight excluding hydrogens is 276 g/mol. The van der Waals surface area contributed by atoms with E-state index in [4.69, 9.17) is 0 Å². The maximum absolute atomic E-state index is 11.5. The van der Waals surface area contributed by atoms with E-state index in [-0.39, 0.29) is 6.04 Å². The molecule has 3 nitrogen and oxygen atoms in total. The molecule has 0 aliphatic carbocycles. The van der Waals surface area contributed by atoms with Crippen LogP contribution in [0.25, 0.3) is 0 Å². The third kappa shape index (κ3) is 4.23. The summed E-state index contributed by atoms with van der Waals surface area (Å²) in [5, 5.41) is 3.49. The minimum Gasteiger partial charge on any atom is -0.304 e. The van der Waals surface area contributed by atoms with E-state index in [1.807, 2.05) is 30.6 Å². The molecule has 0 saturated carbocycles. The van der Waals surface area contributed by atoms with Crippen molar-refractivity contribution < 1.29 is 4.21 Å². The number of hydrogen-bond acceptors (Lipinski definition) is 4. The number of aromatic nitrogens is 1. The van der Waals surface area contributed by atoms with Gasteiger partial charge >= 0.3 is 0 Å². The zero-order valence-corrected chi connectivity index (χ0v) is 12.8. The van der Waals surface area contributed by atoms with Gasteiger partial charge in [0.1, 0.15) is 0 Å². The summed E-state index contributed by atoms with van der Waals surface area (Å²) in [4.78, 5) is 5.49. The van der Waals surface area contributed by atoms with Crippen molar-refractivity contribution in [3.63, 3.8) is 0 Å². The molecule has 0 aliphatic heterocycles. The van der Waals surface area contributed by atoms with Gasteiger partial charge in [-0.25, -0.2) is 4.98 Å². The van der Waals surface area contributed by atoms with Crippen molar-refractivity contribution in [2.75, 3.05) is 12.0 Å². The summed E-state index contributed by atoms with van der Waals surface area (Å²) in [5.74, 6) is 0.627. The molecule has 0 radical (unpaired) electrons. The SMILES string of the molecule is Cc1ncsc1CN[C@@H](C[S@](C)=O)c1ccccc1. The van der Waals surface area contributed by atoms with Gasteiger partial charge in [-0.1, -0.05) is 30.3 Å². The fourth-order valence-corrected chi connectivity index (χ4v) is 3.41. The second-order valence-corrected chi connectivity index (χ2v) is 6.86. The quantitative estimate of drug-likeness (QED) is 0.890. The van der Waals surface area contributed by atoms with Crippen LogP contribution < -0.4 is 5.32 Å². The van der Waals surface area contributed by atoms with E-state index in [1.165, 1.54) is 10.4 Å². The number of nitrogens with zero attached hydrogens (tertiary/aromatic N) is 1. The lowest BCUT2D eigenvalue weighted by molar-refractivity contribution is 0.576. The summed E-state index contributed by atoms with van der Waals surface area (Å²) in [6.07, 6.45) is 1.75. The zero-order chi connectivity index (χ0) is 13.7. The van der Waals surface area contributed by atoms with Crippen LogP contribution in [0.1, 0.15) is 22.2 Å². The minimum absolute atomic E-state index is 0.119. The highest BCUT2D eigenvalue weighted by atomic mass is 32.2. The molecule has 0 fully saturated rings. The number of nitrogens with one attached hydrogen (secondary N) is 1. The van der Waals surface area contributed by atoms with Crippen LogP contribution in [0.2, 0.25) is 0 Å². The molecular formula is C14H18N2OS2. The highest BCUT2D eigenvalue weighted by Crippen LogP contribution is 2.17. The first-order chi connectivity index (χ1) is 9.16. The Labute approximate surface area is 120 Å². The van der Waals surface area contributed by atoms with Gasteiger partial charge in [0.25, 0.3) is 0 Å². The fraction of sp³-hybridized carbons (Fsp3) is 0.357. The van der Waals surface area contributed by atoms with E-state index < -0.39 is 10.8 Å². The first kappa shape index (κ1) is 14.4. The third-order valence-electron chi connectivity index (χ3n) is 2.96. The average molecular weight is 294 g/mol. The molecule has 1 heterocycles. The van der Waals surface area contributed by atoms with Crippen LogP contribution in [-0.4, -0.2) is 21.2 Å². The Bertz CT molecular complexity index is 539. The first-order valence-corrected chi connectivity index (χ1v) is 8.75. The van der Waals surface area contributed by atoms with Crippen LogP contribution in [0.5, 0.6) is 0 Å². The molecule has 19 heavy (non-hydrogen) atoms. The number of benzene rings is 1. The second-order valence-electron chi connectivity index (χ2n) is 4.44. The van der Waals surface area contributed by atoms with Gasteiger partial charge in [-0.05, 0) is 12.5 Å². The highest BCUT2D eigenvalue weighted by Gasteiger charge is 2.13. The topological polar surface area (TPSA) is 42.0 Å². The maximum Gasteiger partial charge on any atom is 0.0798 e. The van der Waals surface area contributed by atoms with E-state index >= 15 is 0 Å². The minimum atomic E-state index is -0.824. The molecule has 1 aromatic carbocycles. The third-order valence-corrected chi connectivity index (χ3v) is 4.70. The molecule has 2 atom stereocenters. The number of aryl methyl sites for hydroxylation is 1. The molecule has 0 aliphatic rings. The molecule has 1 aromatic heterocycles. The van der Waals surface area contributed by atoms with E-state index in [0.29, 0.717) is 5.75 Å². The van der Waals surface area contributed by atoms with E-state index in [2.05, 4.69) is 22.4 Å². The van der Waals surface area contributed by atoms with Crippen molar-refractivity contribution in [2.24, 2.45) is 0 Å². The lowest BCUT2D eigenvalue weighted by Gasteiger charge is -2.17. The standard InChI is InChI=1S/C14H18N2OS2/c1-11-14(18-10-16-11)8-15-13(9-19(2)17)12-6-4-3-5-7-12/h3-7,10,13,15H,8-9H2,1-2H3/t13-,19-/m0/s1. The normalized spacial score (nSPS) is 14.2. The van der Waals surface area contributed by atoms with Gasteiger partial charge in [0.15, 0.2) is 0 Å². The molecule has 5 heteroatoms. The second kappa shape index (κ2) is 6.93. The zero-order valence-electron chi connectivity index (χ0n) is 11.1. The van der Waals surface area contributed by atoms with Crippen molar-refractivity contribution in [3.8, 4) is 0 Å². The monoisotopic (exact) mass is 294 g/mol. The summed E-state index contributed by atoms with van der Waals surface area (Å²) >= 11 is 1.66. The Balaban J connectivity index is 2.06. The van der Waals surface area contributed by atoms with Gasteiger partial charge in [0.05, 0.1) is 11.2 Å². The molecule has 0 saturated heterocycles. The summed E-state index contributed by atoms with van der Waals surface area (Å²) in [6.45, 7) is 2.79. The van der Waals surface area contributed by atoms with Crippen LogP contribution in [0, 0.1) is 6.92 Å². The predicted molar refractivity (Wildman–Crippen MR) is 81.8 cm³/mol. The Morgan fingerprint density at radius 1 is 1.37 bits per heavy atom. The molecule has 0 amide bonds. The number of rotatable bonds is 6. The molecule has 0 spiro atoms. The van der Waals surface area contributed by atoms with Crippen molar-refractivity contribution in [1.82, 2.24) is 10.3 Å². The molecule has 1 N–H and O–H groups in total. The van der Waals surface area contributed by atoms with Crippen molar-refractivity contribution >= 4 is 22.1 Å². The molecule has 2 aromatic rings. The molecule has 0 unspecified atom stereocenters. The molecule has 0 bridgehead atoms. The molecule has 2 rings (SSSR count). The van der Waals surface area contributed by atoms with Crippen LogP contribution >= 0.6 is 11.3 Å². The maximum atomic E-state index is 11.5. The van der Waals surface area contributed by atoms with Gasteiger partial charge < -0.3 is 5.32 Å². The van der Waals surface area contributed by atoms with E-state index in [0.717, 1.165) is 12.2 Å². The van der Waals surface area contributed by atoms with Crippen molar-refractivity contribution in [3.05, 3.63) is 52.0 Å². The average Bonchev–Trinajstić information content (AvgIpc) is 2.81. The number of thiazole rings is 1. The Kier molecular flexibility index (Phi) is 5.24. The van der Waals surface area contributed by atoms with Gasteiger partial charge in [0.2, 0.25) is 0 Å². The van der Waals surface area contributed by atoms with Gasteiger partial charge in [-0.3, -0.25) is 4.21 Å². The van der Waals surface area contributed by atoms with E-state index in [9.17, 15) is 4.21 Å². The van der Waals surface area contributed by atoms with Gasteiger partial charge in [-0.2, -0.15) is 0 Å². The Morgan fingerprint density at radius 3 is 2.68 bits per heavy atom. The van der Waals surface area contributed by atoms with Gasteiger partial charge in [-0.15, -0.1) is 11.3 Å². The smallest absolute Gasteiger partial charge is 0.0798 e. The van der Waals surface area contributed by atoms with E-state index in [1.54, 1.807) is 17.6 Å². The Morgan fingerprint density at radius 2 is 2.11 bits per heavy atom. The van der Waals surface area contributed by atoms with Crippen molar-refractivity contribution in [1.29, 1.82) is 0 Å². The lowest BCUT2D eigenvalue weighted by Crippen LogP contribution is -2.25. The highest BCUT2D eigenvalue weighted by molar-refractivity contribution is 7.84. The molecule has 102 valence electrons. The van der Waals surface area contributed by atoms with Crippen LogP contribution in [0.15, 0.2) is 35.8 Å². The van der Waals surface area contributed by atoms with Crippen LogP contribution in [-0.2, 0) is 17.3 Å². The number of hydrogen-bond donors (Lipinski definition) is 1. The first-order valence-electron chi connectivity index (χ1n) is 6.14. The van der Waals surface area contributed by atoms with Gasteiger partial charge in [0, 0.05) is 40.3 Å². The van der Waals surface area contributed by atoms with Crippen LogP contribution in [0.3, 0.4) is 0 Å². The summed E-state index contributed by atoms with van der Waals surface area (Å²) in [6, 6.07) is 10.3. The lowest BCUT2D eigenvalue weighted by atomic mass is 10.1.